The first-order valence-electron chi connectivity index (χ1n) is 7.21. The van der Waals surface area contributed by atoms with Gasteiger partial charge in [0, 0.05) is 6.54 Å². The molecule has 0 bridgehead atoms. The second-order valence-electron chi connectivity index (χ2n) is 4.92. The van der Waals surface area contributed by atoms with Crippen molar-refractivity contribution in [2.45, 2.75) is 52.1 Å². The molecule has 1 amide bonds. The molecule has 0 unspecified atom stereocenters. The van der Waals surface area contributed by atoms with Gasteiger partial charge in [-0.3, -0.25) is 4.79 Å². The minimum absolute atomic E-state index is 0.0207. The van der Waals surface area contributed by atoms with Crippen LogP contribution in [-0.4, -0.2) is 17.6 Å². The first-order valence-corrected chi connectivity index (χ1v) is 7.21. The number of nitrogens with one attached hydrogen (secondary N) is 1. The van der Waals surface area contributed by atoms with E-state index in [1.54, 1.807) is 0 Å². The van der Waals surface area contributed by atoms with E-state index in [9.17, 15) is 4.79 Å². The topological polar surface area (TPSA) is 49.3 Å². The van der Waals surface area contributed by atoms with Gasteiger partial charge in [-0.2, -0.15) is 0 Å². The van der Waals surface area contributed by atoms with Gasteiger partial charge in [-0.05, 0) is 17.5 Å². The fourth-order valence-corrected chi connectivity index (χ4v) is 2.04. The van der Waals surface area contributed by atoms with Crippen molar-refractivity contribution < 1.29 is 9.90 Å². The normalized spacial score (nSPS) is 10.4. The van der Waals surface area contributed by atoms with Crippen molar-refractivity contribution in [1.29, 1.82) is 0 Å². The Morgan fingerprint density at radius 2 is 1.89 bits per heavy atom. The Labute approximate surface area is 116 Å². The van der Waals surface area contributed by atoms with Gasteiger partial charge >= 0.3 is 0 Å². The number of benzene rings is 1. The number of hydrogen-bond donors (Lipinski definition) is 2. The Morgan fingerprint density at radius 3 is 2.63 bits per heavy atom. The minimum Gasteiger partial charge on any atom is -0.392 e. The zero-order valence-electron chi connectivity index (χ0n) is 11.8. The van der Waals surface area contributed by atoms with Crippen LogP contribution in [0.2, 0.25) is 0 Å². The summed E-state index contributed by atoms with van der Waals surface area (Å²) in [6.45, 7) is 2.98. The number of carbonyl (C=O) groups is 1. The van der Waals surface area contributed by atoms with Crippen molar-refractivity contribution in [3.05, 3.63) is 35.4 Å². The Hall–Kier alpha value is -1.35. The molecule has 2 N–H and O–H groups in total. The fraction of sp³-hybridized carbons (Fsp3) is 0.562. The highest BCUT2D eigenvalue weighted by Crippen LogP contribution is 2.06. The van der Waals surface area contributed by atoms with Gasteiger partial charge < -0.3 is 10.4 Å². The quantitative estimate of drug-likeness (QED) is 0.673. The predicted molar refractivity (Wildman–Crippen MR) is 77.8 cm³/mol. The van der Waals surface area contributed by atoms with Crippen molar-refractivity contribution in [3.63, 3.8) is 0 Å². The summed E-state index contributed by atoms with van der Waals surface area (Å²) in [5, 5.41) is 12.0. The van der Waals surface area contributed by atoms with E-state index in [2.05, 4.69) is 12.2 Å². The number of hydrogen-bond acceptors (Lipinski definition) is 2. The molecule has 1 aromatic rings. The van der Waals surface area contributed by atoms with Crippen LogP contribution in [-0.2, 0) is 17.8 Å². The summed E-state index contributed by atoms with van der Waals surface area (Å²) in [5.74, 6) is 0.0607. The molecule has 0 saturated carbocycles. The zero-order chi connectivity index (χ0) is 13.9. The number of rotatable bonds is 9. The van der Waals surface area contributed by atoms with Gasteiger partial charge in [-0.1, -0.05) is 56.9 Å². The third-order valence-electron chi connectivity index (χ3n) is 3.14. The van der Waals surface area contributed by atoms with Crippen LogP contribution in [0.25, 0.3) is 0 Å². The summed E-state index contributed by atoms with van der Waals surface area (Å²) in [4.78, 5) is 11.7. The summed E-state index contributed by atoms with van der Waals surface area (Å²) < 4.78 is 0. The highest BCUT2D eigenvalue weighted by Gasteiger charge is 2.03. The van der Waals surface area contributed by atoms with Crippen molar-refractivity contribution in [2.75, 3.05) is 6.54 Å². The predicted octanol–water partition coefficient (Wildman–Crippen LogP) is 2.81. The number of amides is 1. The number of unbranched alkanes of at least 4 members (excludes halogenated alkanes) is 4. The van der Waals surface area contributed by atoms with Crippen molar-refractivity contribution in [3.8, 4) is 0 Å². The van der Waals surface area contributed by atoms with E-state index in [4.69, 9.17) is 5.11 Å². The van der Waals surface area contributed by atoms with Gasteiger partial charge in [0.05, 0.1) is 13.0 Å². The first kappa shape index (κ1) is 15.7. The lowest BCUT2D eigenvalue weighted by Gasteiger charge is -2.06. The standard InChI is InChI=1S/C16H25NO2/c1-2-3-4-5-6-10-17-16(19)12-14-8-7-9-15(11-14)13-18/h7-9,11,18H,2-6,10,12-13H2,1H3,(H,17,19). The number of aliphatic hydroxyl groups excluding tert-OH is 1. The average Bonchev–Trinajstić information content (AvgIpc) is 2.43. The maximum absolute atomic E-state index is 11.7. The van der Waals surface area contributed by atoms with E-state index >= 15 is 0 Å². The van der Waals surface area contributed by atoms with Crippen molar-refractivity contribution >= 4 is 5.91 Å². The molecule has 106 valence electrons. The van der Waals surface area contributed by atoms with E-state index in [-0.39, 0.29) is 12.5 Å². The first-order chi connectivity index (χ1) is 9.26. The van der Waals surface area contributed by atoms with Crippen LogP contribution in [0.1, 0.15) is 50.2 Å². The summed E-state index contributed by atoms with van der Waals surface area (Å²) in [7, 11) is 0. The van der Waals surface area contributed by atoms with Gasteiger partial charge in [-0.15, -0.1) is 0 Å². The van der Waals surface area contributed by atoms with Crippen LogP contribution in [0, 0.1) is 0 Å². The van der Waals surface area contributed by atoms with Gasteiger partial charge in [0.15, 0.2) is 0 Å². The van der Waals surface area contributed by atoms with Crippen LogP contribution in [0.5, 0.6) is 0 Å². The lowest BCUT2D eigenvalue weighted by molar-refractivity contribution is -0.120. The van der Waals surface area contributed by atoms with E-state index in [0.717, 1.165) is 24.1 Å². The summed E-state index contributed by atoms with van der Waals surface area (Å²) >= 11 is 0. The molecule has 1 aromatic carbocycles. The van der Waals surface area contributed by atoms with Gasteiger partial charge in [0.1, 0.15) is 0 Å². The van der Waals surface area contributed by atoms with Gasteiger partial charge in [0.2, 0.25) is 5.91 Å². The largest absolute Gasteiger partial charge is 0.392 e. The van der Waals surface area contributed by atoms with Gasteiger partial charge in [-0.25, -0.2) is 0 Å². The van der Waals surface area contributed by atoms with E-state index in [1.165, 1.54) is 25.7 Å². The molecule has 1 rings (SSSR count). The second kappa shape index (κ2) is 9.56. The third-order valence-corrected chi connectivity index (χ3v) is 3.14. The Bertz CT molecular complexity index is 377. The van der Waals surface area contributed by atoms with Crippen molar-refractivity contribution in [1.82, 2.24) is 5.32 Å². The molecule has 0 radical (unpaired) electrons. The molecule has 0 atom stereocenters. The van der Waals surface area contributed by atoms with Crippen LogP contribution < -0.4 is 5.32 Å². The van der Waals surface area contributed by atoms with Crippen molar-refractivity contribution in [2.24, 2.45) is 0 Å². The van der Waals surface area contributed by atoms with Gasteiger partial charge in [0.25, 0.3) is 0 Å². The number of aliphatic hydroxyl groups is 1. The molecule has 0 fully saturated rings. The molecule has 0 aromatic heterocycles. The molecule has 0 aliphatic rings. The molecular formula is C16H25NO2. The molecule has 0 aliphatic heterocycles. The SMILES string of the molecule is CCCCCCCNC(=O)Cc1cccc(CO)c1. The van der Waals surface area contributed by atoms with Crippen LogP contribution in [0.15, 0.2) is 24.3 Å². The molecule has 0 heterocycles. The minimum atomic E-state index is 0.0207. The molecule has 0 aliphatic carbocycles. The van der Waals surface area contributed by atoms with E-state index < -0.39 is 0 Å². The van der Waals surface area contributed by atoms with Crippen LogP contribution >= 0.6 is 0 Å². The zero-order valence-corrected chi connectivity index (χ0v) is 11.8. The average molecular weight is 263 g/mol. The van der Waals surface area contributed by atoms with E-state index in [0.29, 0.717) is 6.42 Å². The molecule has 3 heteroatoms. The second-order valence-corrected chi connectivity index (χ2v) is 4.92. The fourth-order valence-electron chi connectivity index (χ4n) is 2.04. The third kappa shape index (κ3) is 6.97. The lowest BCUT2D eigenvalue weighted by Crippen LogP contribution is -2.26. The smallest absolute Gasteiger partial charge is 0.224 e. The molecule has 0 saturated heterocycles. The highest BCUT2D eigenvalue weighted by molar-refractivity contribution is 5.78. The molecule has 3 nitrogen and oxygen atoms in total. The lowest BCUT2D eigenvalue weighted by atomic mass is 10.1. The summed E-state index contributed by atoms with van der Waals surface area (Å²) in [5.41, 5.74) is 1.81. The van der Waals surface area contributed by atoms with E-state index in [1.807, 2.05) is 24.3 Å². The summed E-state index contributed by atoms with van der Waals surface area (Å²) in [6.07, 6.45) is 6.42. The maximum atomic E-state index is 11.7. The monoisotopic (exact) mass is 263 g/mol. The Balaban J connectivity index is 2.19. The molecule has 19 heavy (non-hydrogen) atoms. The van der Waals surface area contributed by atoms with Crippen LogP contribution in [0.4, 0.5) is 0 Å². The van der Waals surface area contributed by atoms with Crippen LogP contribution in [0.3, 0.4) is 0 Å². The Kier molecular flexibility index (Phi) is 7.91. The highest BCUT2D eigenvalue weighted by atomic mass is 16.3. The molecular weight excluding hydrogens is 238 g/mol. The molecule has 0 spiro atoms. The number of carbonyl (C=O) groups excluding carboxylic acids is 1. The maximum Gasteiger partial charge on any atom is 0.224 e. The summed E-state index contributed by atoms with van der Waals surface area (Å²) in [6, 6.07) is 7.52. The Morgan fingerprint density at radius 1 is 1.16 bits per heavy atom.